The van der Waals surface area contributed by atoms with Gasteiger partial charge >= 0.3 is 6.18 Å². The van der Waals surface area contributed by atoms with Crippen molar-refractivity contribution in [2.45, 2.75) is 37.0 Å². The first-order valence-corrected chi connectivity index (χ1v) is 9.24. The molecule has 3 heterocycles. The Morgan fingerprint density at radius 1 is 1.20 bits per heavy atom. The van der Waals surface area contributed by atoms with E-state index in [-0.39, 0.29) is 27.5 Å². The summed E-state index contributed by atoms with van der Waals surface area (Å²) in [5.41, 5.74) is -0.745. The summed E-state index contributed by atoms with van der Waals surface area (Å²) in [6, 6.07) is 0.822. The summed E-state index contributed by atoms with van der Waals surface area (Å²) in [6.07, 6.45) is 0.574. The number of nitrogens with zero attached hydrogens (tertiary/aromatic N) is 4. The molecule has 10 heteroatoms. The van der Waals surface area contributed by atoms with E-state index in [0.717, 1.165) is 62.8 Å². The van der Waals surface area contributed by atoms with Gasteiger partial charge in [0, 0.05) is 19.3 Å². The Labute approximate surface area is 151 Å². The highest BCUT2D eigenvalue weighted by Gasteiger charge is 2.32. The topological polar surface area (TPSA) is 50.5 Å². The van der Waals surface area contributed by atoms with Crippen molar-refractivity contribution in [3.63, 3.8) is 0 Å². The number of hydrogen-bond donors (Lipinski definition) is 0. The van der Waals surface area contributed by atoms with E-state index in [0.29, 0.717) is 0 Å². The first-order valence-electron chi connectivity index (χ1n) is 7.88. The first kappa shape index (κ1) is 18.3. The molecule has 1 aliphatic rings. The summed E-state index contributed by atoms with van der Waals surface area (Å²) in [7, 11) is 0. The predicted molar refractivity (Wildman–Crippen MR) is 88.8 cm³/mol. The van der Waals surface area contributed by atoms with E-state index in [2.05, 4.69) is 10.2 Å². The van der Waals surface area contributed by atoms with E-state index in [1.54, 1.807) is 4.90 Å². The van der Waals surface area contributed by atoms with Crippen LogP contribution in [0.5, 0.6) is 0 Å². The molecule has 0 spiro atoms. The second-order valence-electron chi connectivity index (χ2n) is 5.83. The van der Waals surface area contributed by atoms with Crippen molar-refractivity contribution in [2.24, 2.45) is 0 Å². The molecule has 0 aromatic carbocycles. The minimum absolute atomic E-state index is 0.0401. The molecule has 136 valence electrons. The molecule has 1 amide bonds. The number of halogens is 4. The van der Waals surface area contributed by atoms with Crippen molar-refractivity contribution in [3.8, 4) is 0 Å². The number of likely N-dealkylation sites (tertiary alicyclic amines) is 1. The molecule has 0 radical (unpaired) electrons. The number of aromatic nitrogens is 3. The standard InChI is InChI=1S/C15H16ClF3N4OS/c16-11-7-10(15(17,18)19)8-23-13(11)20-21-14(23)25-9-12(24)22-5-3-1-2-4-6-22/h7-8H,1-6,9H2. The summed E-state index contributed by atoms with van der Waals surface area (Å²) in [5, 5.41) is 7.77. The zero-order chi connectivity index (χ0) is 18.0. The van der Waals surface area contributed by atoms with E-state index < -0.39 is 11.7 Å². The second-order valence-corrected chi connectivity index (χ2v) is 7.18. The largest absolute Gasteiger partial charge is 0.417 e. The molecule has 2 aromatic heterocycles. The molecule has 3 rings (SSSR count). The summed E-state index contributed by atoms with van der Waals surface area (Å²) < 4.78 is 40.0. The Morgan fingerprint density at radius 3 is 2.52 bits per heavy atom. The normalized spacial score (nSPS) is 16.2. The fraction of sp³-hybridized carbons (Fsp3) is 0.533. The highest BCUT2D eigenvalue weighted by atomic mass is 35.5. The average molecular weight is 393 g/mol. The van der Waals surface area contributed by atoms with Crippen LogP contribution >= 0.6 is 23.4 Å². The monoisotopic (exact) mass is 392 g/mol. The predicted octanol–water partition coefficient (Wildman–Crippen LogP) is 3.90. The minimum atomic E-state index is -4.52. The molecule has 0 atom stereocenters. The summed E-state index contributed by atoms with van der Waals surface area (Å²) >= 11 is 6.94. The van der Waals surface area contributed by atoms with Gasteiger partial charge in [-0.3, -0.25) is 9.20 Å². The van der Waals surface area contributed by atoms with Gasteiger partial charge in [0.2, 0.25) is 5.91 Å². The number of hydrogen-bond acceptors (Lipinski definition) is 4. The number of thioether (sulfide) groups is 1. The van der Waals surface area contributed by atoms with Gasteiger partial charge in [0.1, 0.15) is 0 Å². The van der Waals surface area contributed by atoms with E-state index in [1.165, 1.54) is 4.40 Å². The van der Waals surface area contributed by atoms with Crippen LogP contribution in [0.4, 0.5) is 13.2 Å². The molecule has 1 fully saturated rings. The van der Waals surface area contributed by atoms with Gasteiger partial charge in [-0.2, -0.15) is 13.2 Å². The number of fused-ring (bicyclic) bond motifs is 1. The van der Waals surface area contributed by atoms with Gasteiger partial charge in [0.25, 0.3) is 0 Å². The zero-order valence-electron chi connectivity index (χ0n) is 13.2. The van der Waals surface area contributed by atoms with E-state index in [9.17, 15) is 18.0 Å². The average Bonchev–Trinajstić information content (AvgIpc) is 2.78. The van der Waals surface area contributed by atoms with Crippen LogP contribution in [0.25, 0.3) is 5.65 Å². The number of carbonyl (C=O) groups excluding carboxylic acids is 1. The van der Waals surface area contributed by atoms with Gasteiger partial charge in [-0.25, -0.2) is 0 Å². The molecule has 0 unspecified atom stereocenters. The molecule has 2 aromatic rings. The fourth-order valence-corrected chi connectivity index (χ4v) is 3.78. The van der Waals surface area contributed by atoms with Crippen molar-refractivity contribution < 1.29 is 18.0 Å². The van der Waals surface area contributed by atoms with E-state index >= 15 is 0 Å². The van der Waals surface area contributed by atoms with Gasteiger partial charge in [-0.05, 0) is 18.9 Å². The zero-order valence-corrected chi connectivity index (χ0v) is 14.8. The third-order valence-electron chi connectivity index (χ3n) is 4.04. The molecule has 1 saturated heterocycles. The van der Waals surface area contributed by atoms with Gasteiger partial charge in [-0.15, -0.1) is 10.2 Å². The van der Waals surface area contributed by atoms with Gasteiger partial charge in [0.15, 0.2) is 10.8 Å². The Morgan fingerprint density at radius 2 is 1.88 bits per heavy atom. The fourth-order valence-electron chi connectivity index (χ4n) is 2.72. The van der Waals surface area contributed by atoms with E-state index in [1.807, 2.05) is 0 Å². The van der Waals surface area contributed by atoms with Crippen LogP contribution < -0.4 is 0 Å². The Bertz CT molecular complexity index is 772. The van der Waals surface area contributed by atoms with Crippen molar-refractivity contribution >= 4 is 34.9 Å². The van der Waals surface area contributed by atoms with Crippen LogP contribution in [0, 0.1) is 0 Å². The molecule has 0 N–H and O–H groups in total. The lowest BCUT2D eigenvalue weighted by molar-refractivity contribution is -0.138. The number of amides is 1. The quantitative estimate of drug-likeness (QED) is 0.743. The van der Waals surface area contributed by atoms with Crippen molar-refractivity contribution in [1.82, 2.24) is 19.5 Å². The molecule has 0 saturated carbocycles. The Kier molecular flexibility index (Phi) is 5.43. The molecule has 0 aliphatic carbocycles. The third kappa shape index (κ3) is 4.20. The highest BCUT2D eigenvalue weighted by molar-refractivity contribution is 7.99. The minimum Gasteiger partial charge on any atom is -0.342 e. The highest BCUT2D eigenvalue weighted by Crippen LogP contribution is 2.33. The lowest BCUT2D eigenvalue weighted by Crippen LogP contribution is -2.33. The van der Waals surface area contributed by atoms with Gasteiger partial charge in [-0.1, -0.05) is 36.2 Å². The summed E-state index contributed by atoms with van der Waals surface area (Å²) in [5.74, 6) is 0.0657. The molecule has 5 nitrogen and oxygen atoms in total. The van der Waals surface area contributed by atoms with Crippen LogP contribution in [0.3, 0.4) is 0 Å². The number of pyridine rings is 1. The van der Waals surface area contributed by atoms with Crippen molar-refractivity contribution in [3.05, 3.63) is 22.8 Å². The molecule has 1 aliphatic heterocycles. The van der Waals surface area contributed by atoms with Crippen LogP contribution in [0.1, 0.15) is 31.2 Å². The molecular formula is C15H16ClF3N4OS. The SMILES string of the molecule is O=C(CSc1nnc2c(Cl)cc(C(F)(F)F)cn12)N1CCCCCC1. The maximum Gasteiger partial charge on any atom is 0.417 e. The lowest BCUT2D eigenvalue weighted by atomic mass is 10.2. The van der Waals surface area contributed by atoms with Crippen LogP contribution in [0.2, 0.25) is 5.02 Å². The molecule has 0 bridgehead atoms. The Balaban J connectivity index is 1.77. The van der Waals surface area contributed by atoms with E-state index in [4.69, 9.17) is 11.6 Å². The summed E-state index contributed by atoms with van der Waals surface area (Å²) in [6.45, 7) is 1.45. The smallest absolute Gasteiger partial charge is 0.342 e. The second kappa shape index (κ2) is 7.41. The molecular weight excluding hydrogens is 377 g/mol. The number of carbonyl (C=O) groups is 1. The van der Waals surface area contributed by atoms with Crippen LogP contribution in [0.15, 0.2) is 17.4 Å². The number of alkyl halides is 3. The summed E-state index contributed by atoms with van der Waals surface area (Å²) in [4.78, 5) is 14.1. The maximum atomic E-state index is 12.9. The van der Waals surface area contributed by atoms with Crippen molar-refractivity contribution in [1.29, 1.82) is 0 Å². The van der Waals surface area contributed by atoms with Crippen LogP contribution in [-0.4, -0.2) is 44.2 Å². The van der Waals surface area contributed by atoms with Gasteiger partial charge < -0.3 is 4.90 Å². The van der Waals surface area contributed by atoms with Crippen LogP contribution in [-0.2, 0) is 11.0 Å². The van der Waals surface area contributed by atoms with Crippen molar-refractivity contribution in [2.75, 3.05) is 18.8 Å². The maximum absolute atomic E-state index is 12.9. The number of rotatable bonds is 3. The first-order chi connectivity index (χ1) is 11.9. The third-order valence-corrected chi connectivity index (χ3v) is 5.25. The van der Waals surface area contributed by atoms with Gasteiger partial charge in [0.05, 0.1) is 16.3 Å². The Hall–Kier alpha value is -1.48. The lowest BCUT2D eigenvalue weighted by Gasteiger charge is -2.19. The molecule has 25 heavy (non-hydrogen) atoms.